The average Bonchev–Trinajstić information content (AvgIpc) is 2.97. The molecule has 0 saturated carbocycles. The molecule has 0 aliphatic heterocycles. The second kappa shape index (κ2) is 6.97. The van der Waals surface area contributed by atoms with Crippen LogP contribution in [0.4, 0.5) is 0 Å². The van der Waals surface area contributed by atoms with E-state index in [1.54, 1.807) is 13.8 Å². The van der Waals surface area contributed by atoms with E-state index in [0.717, 1.165) is 52.3 Å². The lowest BCUT2D eigenvalue weighted by atomic mass is 10.0. The van der Waals surface area contributed by atoms with E-state index < -0.39 is 0 Å². The van der Waals surface area contributed by atoms with Gasteiger partial charge >= 0.3 is 0 Å². The minimum atomic E-state index is 0.584. The Kier molecular flexibility index (Phi) is 4.74. The summed E-state index contributed by atoms with van der Waals surface area (Å²) in [7, 11) is 0. The van der Waals surface area contributed by atoms with Crippen molar-refractivity contribution in [2.75, 3.05) is 0 Å². The molecule has 0 radical (unpaired) electrons. The van der Waals surface area contributed by atoms with Crippen LogP contribution < -0.4 is 0 Å². The molecule has 1 heterocycles. The molecule has 0 spiro atoms. The van der Waals surface area contributed by atoms with E-state index in [2.05, 4.69) is 46.1 Å². The zero-order valence-corrected chi connectivity index (χ0v) is 14.8. The van der Waals surface area contributed by atoms with Gasteiger partial charge in [-0.3, -0.25) is 0 Å². The number of rotatable bonds is 5. The van der Waals surface area contributed by atoms with Crippen molar-refractivity contribution in [1.29, 1.82) is 0 Å². The number of fused-ring (bicyclic) bond motifs is 3. The van der Waals surface area contributed by atoms with E-state index in [-0.39, 0.29) is 0 Å². The predicted molar refractivity (Wildman–Crippen MR) is 102 cm³/mol. The third kappa shape index (κ3) is 2.97. The number of nitrogens with zero attached hydrogens (tertiary/aromatic N) is 3. The molecule has 5 nitrogen and oxygen atoms in total. The minimum absolute atomic E-state index is 0.584. The Morgan fingerprint density at radius 2 is 1.36 bits per heavy atom. The number of benzene rings is 2. The molecule has 3 rings (SSSR count). The van der Waals surface area contributed by atoms with E-state index in [1.807, 2.05) is 12.1 Å². The smallest absolute Gasteiger partial charge is 0.0837 e. The maximum absolute atomic E-state index is 9.08. The first-order valence-electron chi connectivity index (χ1n) is 8.54. The summed E-state index contributed by atoms with van der Waals surface area (Å²) in [6.07, 6.45) is 2.24. The van der Waals surface area contributed by atoms with Gasteiger partial charge in [0.2, 0.25) is 0 Å². The molecule has 0 atom stereocenters. The highest BCUT2D eigenvalue weighted by Gasteiger charge is 2.13. The topological polar surface area (TPSA) is 70.1 Å². The van der Waals surface area contributed by atoms with Gasteiger partial charge in [0, 0.05) is 28.4 Å². The zero-order valence-electron chi connectivity index (χ0n) is 14.8. The van der Waals surface area contributed by atoms with Crippen LogP contribution in [0.2, 0.25) is 0 Å². The van der Waals surface area contributed by atoms with Crippen LogP contribution in [0.25, 0.3) is 21.8 Å². The summed E-state index contributed by atoms with van der Waals surface area (Å²) >= 11 is 0. The summed E-state index contributed by atoms with van der Waals surface area (Å²) in [5.41, 5.74) is 5.27. The Labute approximate surface area is 146 Å². The normalized spacial score (nSPS) is 13.1. The van der Waals surface area contributed by atoms with Gasteiger partial charge in [0.15, 0.2) is 0 Å². The highest BCUT2D eigenvalue weighted by atomic mass is 16.4. The Morgan fingerprint density at radius 3 is 1.76 bits per heavy atom. The van der Waals surface area contributed by atoms with Gasteiger partial charge in [-0.25, -0.2) is 0 Å². The molecule has 25 heavy (non-hydrogen) atoms. The number of hydrogen-bond donors (Lipinski definition) is 2. The average molecular weight is 337 g/mol. The van der Waals surface area contributed by atoms with Gasteiger partial charge < -0.3 is 15.0 Å². The van der Waals surface area contributed by atoms with Gasteiger partial charge in [-0.2, -0.15) is 0 Å². The lowest BCUT2D eigenvalue weighted by Gasteiger charge is -2.07. The second-order valence-electron chi connectivity index (χ2n) is 6.34. The SMILES string of the molecule is CCCCn1c2ccc(C(C)=NO)cc2c2cc(C(C)=NO)ccc21. The number of aromatic nitrogens is 1. The van der Waals surface area contributed by atoms with Crippen molar-refractivity contribution in [3.63, 3.8) is 0 Å². The number of aryl methyl sites for hydroxylation is 1. The van der Waals surface area contributed by atoms with E-state index in [9.17, 15) is 0 Å². The highest BCUT2D eigenvalue weighted by Crippen LogP contribution is 2.31. The molecule has 5 heteroatoms. The first-order chi connectivity index (χ1) is 12.1. The summed E-state index contributed by atoms with van der Waals surface area (Å²) in [4.78, 5) is 0. The van der Waals surface area contributed by atoms with E-state index >= 15 is 0 Å². The fourth-order valence-electron chi connectivity index (χ4n) is 3.23. The van der Waals surface area contributed by atoms with Crippen molar-refractivity contribution >= 4 is 33.2 Å². The minimum Gasteiger partial charge on any atom is -0.411 e. The van der Waals surface area contributed by atoms with Crippen LogP contribution in [0, 0.1) is 0 Å². The third-order valence-corrected chi connectivity index (χ3v) is 4.74. The van der Waals surface area contributed by atoms with Crippen molar-refractivity contribution in [2.45, 2.75) is 40.2 Å². The molecular weight excluding hydrogens is 314 g/mol. The van der Waals surface area contributed by atoms with Gasteiger partial charge in [-0.15, -0.1) is 0 Å². The molecule has 0 saturated heterocycles. The number of hydrogen-bond acceptors (Lipinski definition) is 4. The van der Waals surface area contributed by atoms with Crippen LogP contribution in [-0.4, -0.2) is 26.4 Å². The van der Waals surface area contributed by atoms with Crippen LogP contribution in [0.1, 0.15) is 44.7 Å². The molecule has 3 aromatic rings. The molecule has 0 fully saturated rings. The Morgan fingerprint density at radius 1 is 0.880 bits per heavy atom. The Hall–Kier alpha value is -2.82. The Balaban J connectivity index is 2.33. The molecule has 1 aromatic heterocycles. The van der Waals surface area contributed by atoms with Crippen molar-refractivity contribution in [3.05, 3.63) is 47.5 Å². The number of unbranched alkanes of at least 4 members (excludes halogenated alkanes) is 1. The molecule has 0 aliphatic rings. The van der Waals surface area contributed by atoms with Crippen molar-refractivity contribution in [3.8, 4) is 0 Å². The van der Waals surface area contributed by atoms with E-state index in [0.29, 0.717) is 11.4 Å². The summed E-state index contributed by atoms with van der Waals surface area (Å²) < 4.78 is 2.33. The van der Waals surface area contributed by atoms with Gasteiger partial charge in [0.1, 0.15) is 0 Å². The third-order valence-electron chi connectivity index (χ3n) is 4.74. The zero-order chi connectivity index (χ0) is 18.0. The van der Waals surface area contributed by atoms with Crippen molar-refractivity contribution in [2.24, 2.45) is 10.3 Å². The van der Waals surface area contributed by atoms with Crippen molar-refractivity contribution < 1.29 is 10.4 Å². The van der Waals surface area contributed by atoms with Gasteiger partial charge in [0.25, 0.3) is 0 Å². The fourth-order valence-corrected chi connectivity index (χ4v) is 3.23. The standard InChI is InChI=1S/C20H23N3O2/c1-4-5-10-23-19-8-6-15(13(2)21-24)11-17(19)18-12-16(14(3)22-25)7-9-20(18)23/h6-9,11-12,24-25H,4-5,10H2,1-3H3. The quantitative estimate of drug-likeness (QED) is 0.391. The molecule has 2 aromatic carbocycles. The molecule has 2 N–H and O–H groups in total. The predicted octanol–water partition coefficient (Wildman–Crippen LogP) is 4.99. The van der Waals surface area contributed by atoms with Gasteiger partial charge in [0.05, 0.1) is 11.4 Å². The van der Waals surface area contributed by atoms with Crippen LogP contribution in [0.5, 0.6) is 0 Å². The summed E-state index contributed by atoms with van der Waals surface area (Å²) in [6, 6.07) is 12.3. The Bertz CT molecular complexity index is 908. The summed E-state index contributed by atoms with van der Waals surface area (Å²) in [5.74, 6) is 0. The molecule has 0 aliphatic carbocycles. The fraction of sp³-hybridized carbons (Fsp3) is 0.300. The van der Waals surface area contributed by atoms with E-state index in [1.165, 1.54) is 0 Å². The molecule has 130 valence electrons. The van der Waals surface area contributed by atoms with Crippen molar-refractivity contribution in [1.82, 2.24) is 4.57 Å². The second-order valence-corrected chi connectivity index (χ2v) is 6.34. The molecule has 0 bridgehead atoms. The highest BCUT2D eigenvalue weighted by molar-refractivity contribution is 6.13. The lowest BCUT2D eigenvalue weighted by molar-refractivity contribution is 0.319. The van der Waals surface area contributed by atoms with Crippen LogP contribution >= 0.6 is 0 Å². The van der Waals surface area contributed by atoms with Crippen LogP contribution in [-0.2, 0) is 6.54 Å². The molecule has 0 unspecified atom stereocenters. The van der Waals surface area contributed by atoms with Crippen LogP contribution in [0.3, 0.4) is 0 Å². The van der Waals surface area contributed by atoms with Gasteiger partial charge in [-0.1, -0.05) is 35.8 Å². The monoisotopic (exact) mass is 337 g/mol. The summed E-state index contributed by atoms with van der Waals surface area (Å²) in [6.45, 7) is 6.71. The first-order valence-corrected chi connectivity index (χ1v) is 8.54. The van der Waals surface area contributed by atoms with Crippen LogP contribution in [0.15, 0.2) is 46.7 Å². The number of oxime groups is 2. The molecular formula is C20H23N3O2. The molecule has 0 amide bonds. The van der Waals surface area contributed by atoms with E-state index in [4.69, 9.17) is 10.4 Å². The lowest BCUT2D eigenvalue weighted by Crippen LogP contribution is -1.98. The maximum Gasteiger partial charge on any atom is 0.0837 e. The first kappa shape index (κ1) is 17.0. The summed E-state index contributed by atoms with van der Waals surface area (Å²) in [5, 5.41) is 27.0. The maximum atomic E-state index is 9.08. The van der Waals surface area contributed by atoms with Gasteiger partial charge in [-0.05, 0) is 55.7 Å². The largest absolute Gasteiger partial charge is 0.411 e.